The molecule has 0 fully saturated rings. The Morgan fingerprint density at radius 1 is 0.794 bits per heavy atom. The molecule has 5 rings (SSSR count). The summed E-state index contributed by atoms with van der Waals surface area (Å²) in [5, 5.41) is 2.98. The van der Waals surface area contributed by atoms with E-state index in [9.17, 15) is 0 Å². The first-order chi connectivity index (χ1) is 16.4. The molecule has 0 radical (unpaired) electrons. The molecule has 3 nitrogen and oxygen atoms in total. The molecule has 3 aromatic carbocycles. The van der Waals surface area contributed by atoms with Crippen LogP contribution in [0.2, 0.25) is 10.1 Å². The lowest BCUT2D eigenvalue weighted by Crippen LogP contribution is -2.68. The van der Waals surface area contributed by atoms with Crippen molar-refractivity contribution < 1.29 is 4.43 Å². The molecule has 34 heavy (non-hydrogen) atoms. The number of fused-ring (bicyclic) bond motifs is 1. The summed E-state index contributed by atoms with van der Waals surface area (Å²) in [6, 6.07) is 31.2. The van der Waals surface area contributed by atoms with Crippen LogP contribution in [0.3, 0.4) is 0 Å². The van der Waals surface area contributed by atoms with Crippen LogP contribution in [0, 0.1) is 0 Å². The van der Waals surface area contributed by atoms with Gasteiger partial charge in [0.2, 0.25) is 0 Å². The Kier molecular flexibility index (Phi) is 5.80. The van der Waals surface area contributed by atoms with Crippen LogP contribution in [-0.4, -0.2) is 18.3 Å². The SMILES string of the molecule is CC(C)(C)[Si](Oc1ccc(Cl)cc1-c1ccnc2cc[nH]c12)(c1ccccc1)c1ccccc1. The van der Waals surface area contributed by atoms with Gasteiger partial charge in [0, 0.05) is 28.5 Å². The Bertz CT molecular complexity index is 1390. The molecule has 0 atom stereocenters. The second-order valence-electron chi connectivity index (χ2n) is 9.50. The molecule has 5 heteroatoms. The second kappa shape index (κ2) is 8.78. The van der Waals surface area contributed by atoms with Crippen molar-refractivity contribution in [2.75, 3.05) is 0 Å². The van der Waals surface area contributed by atoms with Crippen molar-refractivity contribution >= 4 is 41.3 Å². The number of rotatable bonds is 5. The molecule has 0 unspecified atom stereocenters. The quantitative estimate of drug-likeness (QED) is 0.279. The third kappa shape index (κ3) is 3.83. The van der Waals surface area contributed by atoms with Crippen LogP contribution in [0.1, 0.15) is 20.8 Å². The summed E-state index contributed by atoms with van der Waals surface area (Å²) in [4.78, 5) is 7.83. The molecule has 5 aromatic rings. The van der Waals surface area contributed by atoms with Gasteiger partial charge in [0.1, 0.15) is 5.75 Å². The standard InChI is InChI=1S/C29H27ClN2OSi/c1-29(2,3)34(22-10-6-4-7-11-22,23-12-8-5-9-13-23)33-27-15-14-21(30)20-25(27)24-16-18-31-26-17-19-32-28(24)26/h4-20,32H,1-3H3. The highest BCUT2D eigenvalue weighted by Gasteiger charge is 2.52. The van der Waals surface area contributed by atoms with E-state index in [2.05, 4.69) is 91.4 Å². The van der Waals surface area contributed by atoms with Crippen LogP contribution in [0.5, 0.6) is 5.75 Å². The Morgan fingerprint density at radius 2 is 1.44 bits per heavy atom. The van der Waals surface area contributed by atoms with Gasteiger partial charge in [-0.2, -0.15) is 0 Å². The monoisotopic (exact) mass is 482 g/mol. The van der Waals surface area contributed by atoms with E-state index < -0.39 is 8.32 Å². The topological polar surface area (TPSA) is 37.9 Å². The molecule has 2 heterocycles. The van der Waals surface area contributed by atoms with E-state index in [4.69, 9.17) is 16.0 Å². The molecule has 0 bridgehead atoms. The van der Waals surface area contributed by atoms with Crippen LogP contribution in [-0.2, 0) is 0 Å². The highest BCUT2D eigenvalue weighted by molar-refractivity contribution is 7.00. The Balaban J connectivity index is 1.78. The zero-order valence-corrected chi connectivity index (χ0v) is 21.3. The lowest BCUT2D eigenvalue weighted by Gasteiger charge is -2.43. The van der Waals surface area contributed by atoms with Crippen LogP contribution < -0.4 is 14.8 Å². The fourth-order valence-corrected chi connectivity index (χ4v) is 9.41. The first kappa shape index (κ1) is 22.4. The third-order valence-electron chi connectivity index (χ3n) is 6.36. The van der Waals surface area contributed by atoms with E-state index in [-0.39, 0.29) is 5.04 Å². The fraction of sp³-hybridized carbons (Fsp3) is 0.138. The molecule has 0 amide bonds. The van der Waals surface area contributed by atoms with E-state index in [1.54, 1.807) is 0 Å². The molecule has 0 saturated heterocycles. The average molecular weight is 483 g/mol. The van der Waals surface area contributed by atoms with Gasteiger partial charge in [-0.15, -0.1) is 0 Å². The van der Waals surface area contributed by atoms with Gasteiger partial charge in [-0.1, -0.05) is 93.0 Å². The van der Waals surface area contributed by atoms with Crippen molar-refractivity contribution in [3.05, 3.63) is 108 Å². The lowest BCUT2D eigenvalue weighted by atomic mass is 10.0. The molecule has 170 valence electrons. The maximum Gasteiger partial charge on any atom is 0.319 e. The average Bonchev–Trinajstić information content (AvgIpc) is 3.33. The number of halogens is 1. The van der Waals surface area contributed by atoms with Gasteiger partial charge in [0.25, 0.3) is 0 Å². The number of aromatic amines is 1. The van der Waals surface area contributed by atoms with Crippen molar-refractivity contribution in [1.82, 2.24) is 9.97 Å². The fourth-order valence-electron chi connectivity index (χ4n) is 4.80. The van der Waals surface area contributed by atoms with E-state index >= 15 is 0 Å². The summed E-state index contributed by atoms with van der Waals surface area (Å²) in [6.07, 6.45) is 3.74. The van der Waals surface area contributed by atoms with Crippen molar-refractivity contribution in [3.63, 3.8) is 0 Å². The maximum atomic E-state index is 7.35. The minimum atomic E-state index is -2.79. The number of hydrogen-bond donors (Lipinski definition) is 1. The summed E-state index contributed by atoms with van der Waals surface area (Å²) in [6.45, 7) is 6.85. The first-order valence-electron chi connectivity index (χ1n) is 11.4. The second-order valence-corrected chi connectivity index (χ2v) is 14.2. The third-order valence-corrected chi connectivity index (χ3v) is 11.5. The molecule has 0 spiro atoms. The smallest absolute Gasteiger partial charge is 0.319 e. The van der Waals surface area contributed by atoms with Crippen molar-refractivity contribution in [3.8, 4) is 16.9 Å². The number of aromatic nitrogens is 2. The van der Waals surface area contributed by atoms with Gasteiger partial charge >= 0.3 is 8.32 Å². The normalized spacial score (nSPS) is 12.1. The molecule has 0 aliphatic carbocycles. The van der Waals surface area contributed by atoms with Crippen LogP contribution in [0.25, 0.3) is 22.2 Å². The molecule has 0 saturated carbocycles. The van der Waals surface area contributed by atoms with Crippen LogP contribution in [0.15, 0.2) is 103 Å². The zero-order chi connectivity index (χ0) is 23.8. The molecule has 0 aliphatic heterocycles. The predicted molar refractivity (Wildman–Crippen MR) is 145 cm³/mol. The maximum absolute atomic E-state index is 7.35. The molecule has 0 aliphatic rings. The minimum Gasteiger partial charge on any atom is -0.534 e. The van der Waals surface area contributed by atoms with Gasteiger partial charge < -0.3 is 9.41 Å². The largest absolute Gasteiger partial charge is 0.534 e. The molecule has 2 aromatic heterocycles. The number of nitrogens with zero attached hydrogens (tertiary/aromatic N) is 1. The van der Waals surface area contributed by atoms with E-state index in [1.807, 2.05) is 42.7 Å². The van der Waals surface area contributed by atoms with E-state index in [0.29, 0.717) is 5.02 Å². The van der Waals surface area contributed by atoms with Gasteiger partial charge in [-0.3, -0.25) is 4.98 Å². The summed E-state index contributed by atoms with van der Waals surface area (Å²) < 4.78 is 7.35. The van der Waals surface area contributed by atoms with Crippen molar-refractivity contribution in [2.24, 2.45) is 0 Å². The number of pyridine rings is 1. The van der Waals surface area contributed by atoms with Gasteiger partial charge in [0.15, 0.2) is 0 Å². The zero-order valence-electron chi connectivity index (χ0n) is 19.5. The van der Waals surface area contributed by atoms with E-state index in [1.165, 1.54) is 10.4 Å². The number of benzene rings is 3. The van der Waals surface area contributed by atoms with E-state index in [0.717, 1.165) is 27.9 Å². The molecule has 1 N–H and O–H groups in total. The van der Waals surface area contributed by atoms with Crippen LogP contribution in [0.4, 0.5) is 0 Å². The highest BCUT2D eigenvalue weighted by atomic mass is 35.5. The number of hydrogen-bond acceptors (Lipinski definition) is 2. The summed E-state index contributed by atoms with van der Waals surface area (Å²) in [5.41, 5.74) is 3.85. The minimum absolute atomic E-state index is 0.146. The predicted octanol–water partition coefficient (Wildman–Crippen LogP) is 6.82. The lowest BCUT2D eigenvalue weighted by molar-refractivity contribution is 0.509. The van der Waals surface area contributed by atoms with Crippen LogP contribution >= 0.6 is 11.6 Å². The first-order valence-corrected chi connectivity index (χ1v) is 13.7. The highest BCUT2D eigenvalue weighted by Crippen LogP contribution is 2.42. The Hall–Kier alpha value is -3.34. The molecular weight excluding hydrogens is 456 g/mol. The Morgan fingerprint density at radius 3 is 2.06 bits per heavy atom. The number of H-pyrrole nitrogens is 1. The Labute approximate surface area is 206 Å². The van der Waals surface area contributed by atoms with Gasteiger partial charge in [0.05, 0.1) is 11.0 Å². The molecular formula is C29H27ClN2OSi. The van der Waals surface area contributed by atoms with Crippen molar-refractivity contribution in [2.45, 2.75) is 25.8 Å². The van der Waals surface area contributed by atoms with Gasteiger partial charge in [-0.25, -0.2) is 0 Å². The van der Waals surface area contributed by atoms with Gasteiger partial charge in [-0.05, 0) is 45.7 Å². The summed E-state index contributed by atoms with van der Waals surface area (Å²) in [7, 11) is -2.79. The number of nitrogens with one attached hydrogen (secondary N) is 1. The summed E-state index contributed by atoms with van der Waals surface area (Å²) >= 11 is 6.52. The van der Waals surface area contributed by atoms with Crippen molar-refractivity contribution in [1.29, 1.82) is 0 Å². The summed E-state index contributed by atoms with van der Waals surface area (Å²) in [5.74, 6) is 0.820.